The molecule has 0 aromatic heterocycles. The van der Waals surface area contributed by atoms with Crippen molar-refractivity contribution in [2.45, 2.75) is 86.0 Å². The maximum Gasteiger partial charge on any atom is 0.285 e. The van der Waals surface area contributed by atoms with E-state index in [0.717, 1.165) is 18.1 Å². The molecule has 1 unspecified atom stereocenters. The highest BCUT2D eigenvalue weighted by Gasteiger charge is 2.37. The number of carbonyl (C=O) groups excluding carboxylic acids is 1. The second-order valence-corrected chi connectivity index (χ2v) is 12.1. The Morgan fingerprint density at radius 2 is 1.31 bits per heavy atom. The summed E-state index contributed by atoms with van der Waals surface area (Å²) in [7, 11) is -3.11. The van der Waals surface area contributed by atoms with Gasteiger partial charge >= 0.3 is 0 Å². The number of hydrogen-bond donors (Lipinski definition) is 0. The van der Waals surface area contributed by atoms with Gasteiger partial charge in [-0.2, -0.15) is 0 Å². The highest BCUT2D eigenvalue weighted by molar-refractivity contribution is 7.86. The van der Waals surface area contributed by atoms with Crippen molar-refractivity contribution >= 4 is 18.1 Å². The highest BCUT2D eigenvalue weighted by atomic mass is 31.2. The Morgan fingerprint density at radius 1 is 0.828 bits per heavy atom. The molecule has 0 spiro atoms. The van der Waals surface area contributed by atoms with Gasteiger partial charge in [-0.25, -0.2) is 0 Å². The van der Waals surface area contributed by atoms with Crippen LogP contribution in [0.15, 0.2) is 30.3 Å². The molecule has 0 aliphatic carbocycles. The Hall–Kier alpha value is -1.08. The maximum atomic E-state index is 14.1. The Labute approximate surface area is 180 Å². The highest BCUT2D eigenvalue weighted by Crippen LogP contribution is 2.48. The number of unbranched alkanes of at least 4 members (excludes halogenated alkanes) is 7. The average Bonchev–Trinajstić information content (AvgIpc) is 2.68. The fourth-order valence-corrected chi connectivity index (χ4v) is 6.43. The number of carbonyl (C=O) groups is 1. The number of amides is 1. The first kappa shape index (κ1) is 26.0. The van der Waals surface area contributed by atoms with E-state index in [2.05, 4.69) is 34.6 Å². The van der Waals surface area contributed by atoms with Crippen molar-refractivity contribution < 1.29 is 9.36 Å². The largest absolute Gasteiger partial charge is 0.336 e. The van der Waals surface area contributed by atoms with Crippen molar-refractivity contribution in [2.24, 2.45) is 11.8 Å². The fourth-order valence-electron chi connectivity index (χ4n) is 3.81. The third kappa shape index (κ3) is 9.51. The van der Waals surface area contributed by atoms with Gasteiger partial charge in [0.25, 0.3) is 5.65 Å². The molecule has 0 heterocycles. The van der Waals surface area contributed by atoms with Crippen LogP contribution in [0.5, 0.6) is 0 Å². The summed E-state index contributed by atoms with van der Waals surface area (Å²) < 4.78 is 14.1. The Morgan fingerprint density at radius 3 is 1.79 bits per heavy atom. The lowest BCUT2D eigenvalue weighted by atomic mass is 10.1. The van der Waals surface area contributed by atoms with Crippen molar-refractivity contribution in [1.29, 1.82) is 0 Å². The lowest BCUT2D eigenvalue weighted by Crippen LogP contribution is -2.38. The smallest absolute Gasteiger partial charge is 0.285 e. The van der Waals surface area contributed by atoms with E-state index in [-0.39, 0.29) is 5.65 Å². The molecule has 4 heteroatoms. The zero-order valence-electron chi connectivity index (χ0n) is 19.5. The predicted molar refractivity (Wildman–Crippen MR) is 128 cm³/mol. The van der Waals surface area contributed by atoms with E-state index in [1.807, 2.05) is 35.2 Å². The fraction of sp³-hybridized carbons (Fsp3) is 0.720. The van der Waals surface area contributed by atoms with Crippen LogP contribution in [0.3, 0.4) is 0 Å². The number of benzene rings is 1. The number of rotatable bonds is 15. The molecule has 0 fully saturated rings. The molecule has 1 rings (SSSR count). The lowest BCUT2D eigenvalue weighted by Gasteiger charge is -2.30. The van der Waals surface area contributed by atoms with Gasteiger partial charge in [0.1, 0.15) is 0 Å². The minimum atomic E-state index is -3.11. The van der Waals surface area contributed by atoms with Gasteiger partial charge in [0, 0.05) is 24.6 Å². The first-order valence-corrected chi connectivity index (χ1v) is 13.6. The van der Waals surface area contributed by atoms with Crippen molar-refractivity contribution in [3.8, 4) is 0 Å². The van der Waals surface area contributed by atoms with Gasteiger partial charge in [-0.1, -0.05) is 110 Å². The van der Waals surface area contributed by atoms with Gasteiger partial charge in [-0.15, -0.1) is 0 Å². The van der Waals surface area contributed by atoms with E-state index in [9.17, 15) is 9.36 Å². The summed E-state index contributed by atoms with van der Waals surface area (Å²) in [5.41, 5.74) is -0.131. The number of nitrogens with zero attached hydrogens (tertiary/aromatic N) is 1. The van der Waals surface area contributed by atoms with E-state index >= 15 is 0 Å². The molecular weight excluding hydrogens is 377 g/mol. The van der Waals surface area contributed by atoms with Gasteiger partial charge < -0.3 is 9.46 Å². The van der Waals surface area contributed by atoms with Crippen LogP contribution >= 0.6 is 7.14 Å². The zero-order chi connectivity index (χ0) is 21.7. The van der Waals surface area contributed by atoms with Crippen molar-refractivity contribution in [2.75, 3.05) is 19.3 Å². The van der Waals surface area contributed by atoms with E-state index in [4.69, 9.17) is 0 Å². The normalized spacial score (nSPS) is 13.6. The second-order valence-electron chi connectivity index (χ2n) is 9.25. The predicted octanol–water partition coefficient (Wildman–Crippen LogP) is 7.55. The van der Waals surface area contributed by atoms with Crippen molar-refractivity contribution in [3.05, 3.63) is 30.3 Å². The van der Waals surface area contributed by atoms with Gasteiger partial charge in [-0.3, -0.25) is 4.79 Å². The first-order valence-electron chi connectivity index (χ1n) is 11.7. The molecule has 0 aliphatic rings. The summed E-state index contributed by atoms with van der Waals surface area (Å²) in [6.45, 7) is 12.1. The minimum Gasteiger partial charge on any atom is -0.336 e. The Balaban J connectivity index is 2.84. The van der Waals surface area contributed by atoms with Gasteiger partial charge in [0.15, 0.2) is 7.14 Å². The first-order chi connectivity index (χ1) is 13.8. The van der Waals surface area contributed by atoms with Crippen LogP contribution in [0.4, 0.5) is 4.79 Å². The molecule has 1 atom stereocenters. The van der Waals surface area contributed by atoms with Gasteiger partial charge in [0.2, 0.25) is 0 Å². The molecule has 0 radical (unpaired) electrons. The van der Waals surface area contributed by atoms with Gasteiger partial charge in [0.05, 0.1) is 0 Å². The van der Waals surface area contributed by atoms with Crippen LogP contribution in [0.2, 0.25) is 0 Å². The van der Waals surface area contributed by atoms with Crippen LogP contribution < -0.4 is 5.30 Å². The molecule has 0 bridgehead atoms. The lowest BCUT2D eigenvalue weighted by molar-refractivity contribution is 0.205. The molecule has 1 amide bonds. The van der Waals surface area contributed by atoms with E-state index in [1.54, 1.807) is 0 Å². The molecule has 1 aromatic carbocycles. The third-order valence-corrected chi connectivity index (χ3v) is 8.23. The van der Waals surface area contributed by atoms with E-state index in [0.29, 0.717) is 31.1 Å². The van der Waals surface area contributed by atoms with Crippen molar-refractivity contribution in [1.82, 2.24) is 4.90 Å². The van der Waals surface area contributed by atoms with Gasteiger partial charge in [-0.05, 0) is 18.3 Å². The second kappa shape index (κ2) is 14.0. The molecule has 29 heavy (non-hydrogen) atoms. The molecule has 0 N–H and O–H groups in total. The van der Waals surface area contributed by atoms with E-state index < -0.39 is 7.14 Å². The van der Waals surface area contributed by atoms with Crippen molar-refractivity contribution in [3.63, 3.8) is 0 Å². The monoisotopic (exact) mass is 421 g/mol. The molecule has 0 saturated carbocycles. The minimum absolute atomic E-state index is 0.131. The third-order valence-electron chi connectivity index (χ3n) is 5.25. The summed E-state index contributed by atoms with van der Waals surface area (Å²) in [5, 5.41) is 0.727. The molecule has 0 aliphatic heterocycles. The number of hydrogen-bond acceptors (Lipinski definition) is 2. The molecule has 166 valence electrons. The van der Waals surface area contributed by atoms with Crippen LogP contribution in [-0.2, 0) is 4.57 Å². The topological polar surface area (TPSA) is 37.4 Å². The molecule has 1 aromatic rings. The molecular formula is C25H44NO2P. The summed E-state index contributed by atoms with van der Waals surface area (Å²) in [6.07, 6.45) is 10.0. The van der Waals surface area contributed by atoms with Crippen LogP contribution in [-0.4, -0.2) is 29.8 Å². The standard InChI is InChI=1S/C25H44NO2P/c1-6-7-8-9-10-11-12-16-19-29(28,24-17-14-13-15-18-24)25(27)26(20-22(2)3)21-23(4)5/h13-15,17-18,22-23H,6-12,16,19-21H2,1-5H3. The summed E-state index contributed by atoms with van der Waals surface area (Å²) in [4.78, 5) is 15.4. The van der Waals surface area contributed by atoms with E-state index in [1.165, 1.54) is 38.5 Å². The quantitative estimate of drug-likeness (QED) is 0.216. The van der Waals surface area contributed by atoms with Crippen LogP contribution in [0.1, 0.15) is 86.0 Å². The van der Waals surface area contributed by atoms with Crippen LogP contribution in [0, 0.1) is 11.8 Å². The molecule has 3 nitrogen and oxygen atoms in total. The summed E-state index contributed by atoms with van der Waals surface area (Å²) >= 11 is 0. The molecule has 0 saturated heterocycles. The van der Waals surface area contributed by atoms with Crippen LogP contribution in [0.25, 0.3) is 0 Å². The summed E-state index contributed by atoms with van der Waals surface area (Å²) in [5.74, 6) is 0.732. The Bertz CT molecular complexity index is 603. The Kier molecular flexibility index (Phi) is 12.5. The summed E-state index contributed by atoms with van der Waals surface area (Å²) in [6, 6.07) is 9.49. The SMILES string of the molecule is CCCCCCCCCCP(=O)(C(=O)N(CC(C)C)CC(C)C)c1ccccc1. The average molecular weight is 422 g/mol. The zero-order valence-corrected chi connectivity index (χ0v) is 20.4. The maximum absolute atomic E-state index is 14.1.